The first-order valence-electron chi connectivity index (χ1n) is 8.80. The first-order chi connectivity index (χ1) is 11.2. The van der Waals surface area contributed by atoms with Gasteiger partial charge >= 0.3 is 0 Å². The van der Waals surface area contributed by atoms with Crippen LogP contribution in [-0.2, 0) is 10.4 Å². The average molecular weight is 338 g/mol. The Labute approximate surface area is 143 Å². The van der Waals surface area contributed by atoms with Crippen molar-refractivity contribution < 1.29 is 15.0 Å². The Morgan fingerprint density at radius 3 is 2.67 bits per heavy atom. The lowest BCUT2D eigenvalue weighted by molar-refractivity contribution is -0.124. The molecule has 0 radical (unpaired) electrons. The van der Waals surface area contributed by atoms with Crippen molar-refractivity contribution >= 4 is 5.91 Å². The highest BCUT2D eigenvalue weighted by atomic mass is 16.3. The molecule has 1 aliphatic carbocycles. The van der Waals surface area contributed by atoms with Crippen LogP contribution in [0.25, 0.3) is 0 Å². The molecule has 7 heteroatoms. The Hall–Kier alpha value is -1.47. The highest BCUT2D eigenvalue weighted by molar-refractivity contribution is 5.76. The van der Waals surface area contributed by atoms with E-state index < -0.39 is 11.7 Å². The van der Waals surface area contributed by atoms with Crippen molar-refractivity contribution in [2.24, 2.45) is 5.92 Å². The maximum absolute atomic E-state index is 12.2. The van der Waals surface area contributed by atoms with Crippen molar-refractivity contribution in [2.75, 3.05) is 0 Å². The molecule has 1 aromatic heterocycles. The number of hydrogen-bond donors (Lipinski definition) is 3. The first-order valence-corrected chi connectivity index (χ1v) is 8.80. The maximum atomic E-state index is 12.2. The van der Waals surface area contributed by atoms with Crippen LogP contribution in [0.15, 0.2) is 6.20 Å². The Morgan fingerprint density at radius 1 is 1.42 bits per heavy atom. The summed E-state index contributed by atoms with van der Waals surface area (Å²) >= 11 is 0. The van der Waals surface area contributed by atoms with Gasteiger partial charge in [0.15, 0.2) is 0 Å². The molecule has 1 amide bonds. The number of carbonyl (C=O) groups is 1. The monoisotopic (exact) mass is 338 g/mol. The summed E-state index contributed by atoms with van der Waals surface area (Å²) in [4.78, 5) is 12.2. The van der Waals surface area contributed by atoms with Gasteiger partial charge in [0.1, 0.15) is 11.3 Å². The zero-order valence-corrected chi connectivity index (χ0v) is 15.1. The van der Waals surface area contributed by atoms with Crippen LogP contribution < -0.4 is 5.32 Å². The van der Waals surface area contributed by atoms with Crippen LogP contribution in [0.3, 0.4) is 0 Å². The van der Waals surface area contributed by atoms with Gasteiger partial charge in [-0.1, -0.05) is 31.9 Å². The van der Waals surface area contributed by atoms with Crippen LogP contribution in [0.4, 0.5) is 0 Å². The third-order valence-corrected chi connectivity index (χ3v) is 4.72. The van der Waals surface area contributed by atoms with E-state index >= 15 is 0 Å². The zero-order valence-electron chi connectivity index (χ0n) is 15.1. The molecule has 0 aliphatic heterocycles. The van der Waals surface area contributed by atoms with Gasteiger partial charge in [-0.3, -0.25) is 4.79 Å². The smallest absolute Gasteiger partial charge is 0.222 e. The molecule has 1 aliphatic rings. The third-order valence-electron chi connectivity index (χ3n) is 4.72. The largest absolute Gasteiger partial charge is 0.392 e. The SMILES string of the molecule is CC(C)C(O)CC(=O)N[C@H]1CCCC[C@H]1n1cc(C(C)(C)O)nn1. The van der Waals surface area contributed by atoms with Crippen molar-refractivity contribution in [2.45, 2.75) is 83.6 Å². The number of nitrogens with zero attached hydrogens (tertiary/aromatic N) is 3. The van der Waals surface area contributed by atoms with Gasteiger partial charge in [-0.25, -0.2) is 4.68 Å². The molecule has 1 heterocycles. The van der Waals surface area contributed by atoms with Gasteiger partial charge in [0.2, 0.25) is 5.91 Å². The number of rotatable bonds is 6. The summed E-state index contributed by atoms with van der Waals surface area (Å²) in [5.74, 6) is -0.0708. The number of aliphatic hydroxyl groups excluding tert-OH is 1. The molecule has 136 valence electrons. The Kier molecular flexibility index (Phi) is 5.98. The molecule has 1 fully saturated rings. The standard InChI is InChI=1S/C17H30N4O3/c1-11(2)14(22)9-16(23)18-12-7-5-6-8-13(12)21-10-15(19-20-21)17(3,4)24/h10-14,22,24H,5-9H2,1-4H3,(H,18,23)/t12-,13+,14?/m0/s1. The molecule has 0 aromatic carbocycles. The lowest BCUT2D eigenvalue weighted by atomic mass is 9.90. The molecule has 24 heavy (non-hydrogen) atoms. The number of hydrogen-bond acceptors (Lipinski definition) is 5. The zero-order chi connectivity index (χ0) is 17.9. The minimum absolute atomic E-state index is 0.0260. The highest BCUT2D eigenvalue weighted by Crippen LogP contribution is 2.29. The quantitative estimate of drug-likeness (QED) is 0.730. The lowest BCUT2D eigenvalue weighted by Gasteiger charge is -2.32. The van der Waals surface area contributed by atoms with Gasteiger partial charge in [-0.2, -0.15) is 0 Å². The van der Waals surface area contributed by atoms with Crippen LogP contribution in [0.2, 0.25) is 0 Å². The van der Waals surface area contributed by atoms with Gasteiger partial charge in [-0.15, -0.1) is 5.10 Å². The Bertz CT molecular complexity index is 550. The van der Waals surface area contributed by atoms with E-state index in [0.717, 1.165) is 25.7 Å². The summed E-state index contributed by atoms with van der Waals surface area (Å²) in [6.07, 6.45) is 5.17. The van der Waals surface area contributed by atoms with Crippen LogP contribution in [0.1, 0.15) is 71.5 Å². The van der Waals surface area contributed by atoms with E-state index in [4.69, 9.17) is 0 Å². The van der Waals surface area contributed by atoms with Crippen molar-refractivity contribution in [1.82, 2.24) is 20.3 Å². The number of carbonyl (C=O) groups excluding carboxylic acids is 1. The van der Waals surface area contributed by atoms with E-state index in [2.05, 4.69) is 15.6 Å². The van der Waals surface area contributed by atoms with Crippen LogP contribution >= 0.6 is 0 Å². The topological polar surface area (TPSA) is 100 Å². The Morgan fingerprint density at radius 2 is 2.08 bits per heavy atom. The van der Waals surface area contributed by atoms with Gasteiger partial charge in [0.25, 0.3) is 0 Å². The van der Waals surface area contributed by atoms with E-state index in [0.29, 0.717) is 5.69 Å². The summed E-state index contributed by atoms with van der Waals surface area (Å²) in [7, 11) is 0. The predicted molar refractivity (Wildman–Crippen MR) is 90.2 cm³/mol. The van der Waals surface area contributed by atoms with Gasteiger partial charge in [0, 0.05) is 0 Å². The van der Waals surface area contributed by atoms with Crippen molar-refractivity contribution in [1.29, 1.82) is 0 Å². The number of aliphatic hydroxyl groups is 2. The molecule has 0 bridgehead atoms. The number of aromatic nitrogens is 3. The lowest BCUT2D eigenvalue weighted by Crippen LogP contribution is -2.44. The fourth-order valence-corrected chi connectivity index (χ4v) is 3.01. The molecular weight excluding hydrogens is 308 g/mol. The van der Waals surface area contributed by atoms with Gasteiger partial charge < -0.3 is 15.5 Å². The fourth-order valence-electron chi connectivity index (χ4n) is 3.01. The summed E-state index contributed by atoms with van der Waals surface area (Å²) in [5, 5.41) is 31.2. The van der Waals surface area contributed by atoms with E-state index in [-0.39, 0.29) is 30.3 Å². The van der Waals surface area contributed by atoms with Gasteiger partial charge in [0.05, 0.1) is 30.8 Å². The molecule has 1 unspecified atom stereocenters. The van der Waals surface area contributed by atoms with E-state index in [1.165, 1.54) is 0 Å². The third kappa shape index (κ3) is 4.77. The van der Waals surface area contributed by atoms with Gasteiger partial charge in [-0.05, 0) is 32.6 Å². The van der Waals surface area contributed by atoms with Crippen LogP contribution in [0.5, 0.6) is 0 Å². The second-order valence-corrected chi connectivity index (χ2v) is 7.68. The predicted octanol–water partition coefficient (Wildman–Crippen LogP) is 1.51. The summed E-state index contributed by atoms with van der Waals surface area (Å²) in [6.45, 7) is 7.15. The molecule has 0 spiro atoms. The minimum atomic E-state index is -1.03. The Balaban J connectivity index is 2.05. The summed E-state index contributed by atoms with van der Waals surface area (Å²) in [5.41, 5.74) is -0.513. The summed E-state index contributed by atoms with van der Waals surface area (Å²) in [6, 6.07) is 0.00413. The average Bonchev–Trinajstić information content (AvgIpc) is 2.97. The van der Waals surface area contributed by atoms with Crippen LogP contribution in [0, 0.1) is 5.92 Å². The van der Waals surface area contributed by atoms with Crippen molar-refractivity contribution in [3.8, 4) is 0 Å². The number of amides is 1. The second kappa shape index (κ2) is 7.61. The molecular formula is C17H30N4O3. The molecule has 0 saturated heterocycles. The van der Waals surface area contributed by atoms with E-state index in [1.54, 1.807) is 24.7 Å². The van der Waals surface area contributed by atoms with E-state index in [1.807, 2.05) is 13.8 Å². The molecule has 3 N–H and O–H groups in total. The van der Waals surface area contributed by atoms with Crippen LogP contribution in [-0.4, -0.2) is 43.3 Å². The highest BCUT2D eigenvalue weighted by Gasteiger charge is 2.31. The first kappa shape index (κ1) is 18.9. The minimum Gasteiger partial charge on any atom is -0.392 e. The summed E-state index contributed by atoms with van der Waals surface area (Å²) < 4.78 is 1.76. The molecule has 1 aromatic rings. The normalized spacial score (nSPS) is 23.3. The van der Waals surface area contributed by atoms with Crippen molar-refractivity contribution in [3.05, 3.63) is 11.9 Å². The molecule has 2 rings (SSSR count). The second-order valence-electron chi connectivity index (χ2n) is 7.68. The molecule has 3 atom stereocenters. The fraction of sp³-hybridized carbons (Fsp3) is 0.824. The van der Waals surface area contributed by atoms with E-state index in [9.17, 15) is 15.0 Å². The molecule has 7 nitrogen and oxygen atoms in total. The number of nitrogens with one attached hydrogen (secondary N) is 1. The van der Waals surface area contributed by atoms with Crippen molar-refractivity contribution in [3.63, 3.8) is 0 Å². The maximum Gasteiger partial charge on any atom is 0.222 e. The molecule has 1 saturated carbocycles.